The first-order valence-electron chi connectivity index (χ1n) is 5.32. The first-order valence-corrected chi connectivity index (χ1v) is 5.32. The van der Waals surface area contributed by atoms with Crippen molar-refractivity contribution in [1.29, 1.82) is 0 Å². The molecular weight excluding hydrogens is 239 g/mol. The summed E-state index contributed by atoms with van der Waals surface area (Å²) in [4.78, 5) is 4.16. The van der Waals surface area contributed by atoms with Crippen LogP contribution in [0, 0.1) is 0 Å². The van der Waals surface area contributed by atoms with E-state index in [1.807, 2.05) is 30.3 Å². The monoisotopic (exact) mass is 249 g/mol. The van der Waals surface area contributed by atoms with Crippen molar-refractivity contribution in [2.24, 2.45) is 4.99 Å². The number of aliphatic imine (C=N–C) groups is 1. The van der Waals surface area contributed by atoms with Gasteiger partial charge in [-0.3, -0.25) is 4.99 Å². The van der Waals surface area contributed by atoms with Crippen molar-refractivity contribution in [2.75, 3.05) is 0 Å². The third-order valence-electron chi connectivity index (χ3n) is 2.36. The fraction of sp³-hybridized carbons (Fsp3) is 0.0714. The molecule has 0 saturated heterocycles. The van der Waals surface area contributed by atoms with E-state index in [0.717, 1.165) is 17.8 Å². The van der Waals surface area contributed by atoms with E-state index in [9.17, 15) is 13.2 Å². The van der Waals surface area contributed by atoms with Gasteiger partial charge in [0.2, 0.25) is 0 Å². The molecule has 0 fully saturated rings. The van der Waals surface area contributed by atoms with Gasteiger partial charge in [0.05, 0.1) is 11.3 Å². The molecule has 0 heterocycles. The molecule has 18 heavy (non-hydrogen) atoms. The van der Waals surface area contributed by atoms with Crippen molar-refractivity contribution in [3.63, 3.8) is 0 Å². The Morgan fingerprint density at radius 2 is 1.44 bits per heavy atom. The zero-order valence-corrected chi connectivity index (χ0v) is 9.35. The van der Waals surface area contributed by atoms with E-state index < -0.39 is 11.7 Å². The van der Waals surface area contributed by atoms with Crippen molar-refractivity contribution in [2.45, 2.75) is 6.18 Å². The van der Waals surface area contributed by atoms with Crippen LogP contribution in [0.2, 0.25) is 0 Å². The maximum Gasteiger partial charge on any atom is 0.416 e. The van der Waals surface area contributed by atoms with Gasteiger partial charge < -0.3 is 0 Å². The van der Waals surface area contributed by atoms with E-state index in [4.69, 9.17) is 0 Å². The molecule has 1 nitrogen and oxygen atoms in total. The topological polar surface area (TPSA) is 12.4 Å². The van der Waals surface area contributed by atoms with Gasteiger partial charge in [-0.1, -0.05) is 30.3 Å². The molecule has 0 spiro atoms. The minimum atomic E-state index is -4.30. The Bertz CT molecular complexity index is 527. The van der Waals surface area contributed by atoms with Gasteiger partial charge >= 0.3 is 6.18 Å². The van der Waals surface area contributed by atoms with Crippen molar-refractivity contribution < 1.29 is 13.2 Å². The smallest absolute Gasteiger partial charge is 0.256 e. The fourth-order valence-electron chi connectivity index (χ4n) is 1.42. The Kier molecular flexibility index (Phi) is 3.46. The molecule has 0 aromatic heterocycles. The minimum Gasteiger partial charge on any atom is -0.256 e. The van der Waals surface area contributed by atoms with Crippen LogP contribution in [0.1, 0.15) is 11.1 Å². The second-order valence-electron chi connectivity index (χ2n) is 3.71. The van der Waals surface area contributed by atoms with Crippen molar-refractivity contribution in [3.8, 4) is 0 Å². The molecule has 0 N–H and O–H groups in total. The molecule has 2 rings (SSSR count). The molecular formula is C14H10F3N. The molecule has 0 aliphatic carbocycles. The summed E-state index contributed by atoms with van der Waals surface area (Å²) < 4.78 is 37.0. The summed E-state index contributed by atoms with van der Waals surface area (Å²) >= 11 is 0. The third-order valence-corrected chi connectivity index (χ3v) is 2.36. The highest BCUT2D eigenvalue weighted by Crippen LogP contribution is 2.28. The van der Waals surface area contributed by atoms with Gasteiger partial charge in [0.25, 0.3) is 0 Å². The summed E-state index contributed by atoms with van der Waals surface area (Å²) in [6.45, 7) is 0. The Labute approximate surface area is 103 Å². The number of rotatable bonds is 2. The highest BCUT2D eigenvalue weighted by Gasteiger charge is 2.29. The van der Waals surface area contributed by atoms with E-state index >= 15 is 0 Å². The second kappa shape index (κ2) is 5.04. The maximum atomic E-state index is 12.3. The number of halogens is 3. The predicted octanol–water partition coefficient (Wildman–Crippen LogP) is 4.46. The average Bonchev–Trinajstić information content (AvgIpc) is 2.37. The first-order chi connectivity index (χ1) is 8.55. The Hall–Kier alpha value is -2.10. The Morgan fingerprint density at radius 1 is 0.833 bits per heavy atom. The summed E-state index contributed by atoms with van der Waals surface area (Å²) in [5.41, 5.74) is 0.739. The van der Waals surface area contributed by atoms with Crippen LogP contribution in [0.5, 0.6) is 0 Å². The van der Waals surface area contributed by atoms with Gasteiger partial charge in [-0.05, 0) is 29.8 Å². The summed E-state index contributed by atoms with van der Waals surface area (Å²) in [5.74, 6) is 0. The number of alkyl halides is 3. The van der Waals surface area contributed by atoms with Gasteiger partial charge in [-0.15, -0.1) is 0 Å². The molecule has 0 amide bonds. The minimum absolute atomic E-state index is 0.631. The Balaban J connectivity index is 2.14. The van der Waals surface area contributed by atoms with Crippen molar-refractivity contribution in [1.82, 2.24) is 0 Å². The zero-order chi connectivity index (χ0) is 13.0. The lowest BCUT2D eigenvalue weighted by atomic mass is 10.1. The summed E-state index contributed by atoms with van der Waals surface area (Å²) in [5, 5.41) is 0. The lowest BCUT2D eigenvalue weighted by Gasteiger charge is -2.05. The summed E-state index contributed by atoms with van der Waals surface area (Å²) in [7, 11) is 0. The summed E-state index contributed by atoms with van der Waals surface area (Å²) in [6, 6.07) is 14.1. The van der Waals surface area contributed by atoms with Crippen molar-refractivity contribution >= 4 is 11.9 Å². The number of hydrogen-bond donors (Lipinski definition) is 0. The highest BCUT2D eigenvalue weighted by atomic mass is 19.4. The van der Waals surface area contributed by atoms with Crippen LogP contribution >= 0.6 is 0 Å². The molecule has 0 bridgehead atoms. The van der Waals surface area contributed by atoms with Crippen LogP contribution in [0.4, 0.5) is 18.9 Å². The van der Waals surface area contributed by atoms with Crippen LogP contribution in [0.3, 0.4) is 0 Å². The van der Waals surface area contributed by atoms with Crippen LogP contribution in [-0.4, -0.2) is 6.21 Å². The van der Waals surface area contributed by atoms with Crippen molar-refractivity contribution in [3.05, 3.63) is 65.7 Å². The number of nitrogens with zero attached hydrogens (tertiary/aromatic N) is 1. The van der Waals surface area contributed by atoms with Crippen LogP contribution in [0.15, 0.2) is 59.6 Å². The molecule has 2 aromatic carbocycles. The highest BCUT2D eigenvalue weighted by molar-refractivity contribution is 5.81. The lowest BCUT2D eigenvalue weighted by Crippen LogP contribution is -2.04. The zero-order valence-electron chi connectivity index (χ0n) is 9.35. The van der Waals surface area contributed by atoms with E-state index in [1.165, 1.54) is 18.3 Å². The van der Waals surface area contributed by atoms with E-state index in [-0.39, 0.29) is 0 Å². The van der Waals surface area contributed by atoms with E-state index in [1.54, 1.807) is 0 Å². The number of para-hydroxylation sites is 1. The lowest BCUT2D eigenvalue weighted by molar-refractivity contribution is -0.137. The van der Waals surface area contributed by atoms with Crippen LogP contribution < -0.4 is 0 Å². The molecule has 0 aliphatic heterocycles. The predicted molar refractivity (Wildman–Crippen MR) is 65.1 cm³/mol. The largest absolute Gasteiger partial charge is 0.416 e. The molecule has 0 unspecified atom stereocenters. The quantitative estimate of drug-likeness (QED) is 0.697. The number of benzene rings is 2. The van der Waals surface area contributed by atoms with Gasteiger partial charge in [0.15, 0.2) is 0 Å². The van der Waals surface area contributed by atoms with Crippen LogP contribution in [-0.2, 0) is 6.18 Å². The third kappa shape index (κ3) is 3.20. The SMILES string of the molecule is FC(F)(F)c1ccc(C=Nc2ccccc2)cc1. The van der Waals surface area contributed by atoms with Gasteiger partial charge in [0, 0.05) is 6.21 Å². The molecule has 0 aliphatic rings. The molecule has 0 saturated carbocycles. The fourth-order valence-corrected chi connectivity index (χ4v) is 1.42. The van der Waals surface area contributed by atoms with Gasteiger partial charge in [-0.25, -0.2) is 0 Å². The molecule has 0 atom stereocenters. The Morgan fingerprint density at radius 3 is 2.00 bits per heavy atom. The van der Waals surface area contributed by atoms with Gasteiger partial charge in [-0.2, -0.15) is 13.2 Å². The summed E-state index contributed by atoms with van der Waals surface area (Å²) in [6.07, 6.45) is -2.76. The maximum absolute atomic E-state index is 12.3. The standard InChI is InChI=1S/C14H10F3N/c15-14(16,17)12-8-6-11(7-9-12)10-18-13-4-2-1-3-5-13/h1-10H. The van der Waals surface area contributed by atoms with E-state index in [2.05, 4.69) is 4.99 Å². The molecule has 92 valence electrons. The van der Waals surface area contributed by atoms with Gasteiger partial charge in [0.1, 0.15) is 0 Å². The second-order valence-corrected chi connectivity index (χ2v) is 3.71. The molecule has 0 radical (unpaired) electrons. The molecule has 2 aromatic rings. The van der Waals surface area contributed by atoms with E-state index in [0.29, 0.717) is 5.56 Å². The number of hydrogen-bond acceptors (Lipinski definition) is 1. The van der Waals surface area contributed by atoms with Crippen LogP contribution in [0.25, 0.3) is 0 Å². The normalized spacial score (nSPS) is 11.9. The first kappa shape index (κ1) is 12.4. The molecule has 4 heteroatoms. The average molecular weight is 249 g/mol.